The van der Waals surface area contributed by atoms with Crippen molar-refractivity contribution in [3.05, 3.63) is 0 Å². The summed E-state index contributed by atoms with van der Waals surface area (Å²) in [5, 5.41) is 2.94. The number of amides is 1. The van der Waals surface area contributed by atoms with E-state index in [4.69, 9.17) is 23.7 Å². The summed E-state index contributed by atoms with van der Waals surface area (Å²) >= 11 is 0. The number of esters is 2. The van der Waals surface area contributed by atoms with Gasteiger partial charge in [-0.05, 0) is 77.0 Å². The third-order valence-electron chi connectivity index (χ3n) is 11.7. The number of nitrogens with one attached hydrogen (secondary N) is 1. The number of ether oxygens (including phenoxy) is 5. The molecule has 0 radical (unpaired) electrons. The lowest BCUT2D eigenvalue weighted by molar-refractivity contribution is -0.159. The third-order valence-corrected chi connectivity index (χ3v) is 13.4. The van der Waals surface area contributed by atoms with Gasteiger partial charge in [0.15, 0.2) is 6.29 Å². The first-order valence-electron chi connectivity index (χ1n) is 26.8. The molecule has 0 aliphatic rings. The van der Waals surface area contributed by atoms with Crippen LogP contribution in [0.1, 0.15) is 226 Å². The van der Waals surface area contributed by atoms with Gasteiger partial charge in [-0.1, -0.05) is 175 Å². The first-order valence-corrected chi connectivity index (χ1v) is 30.5. The summed E-state index contributed by atoms with van der Waals surface area (Å²) in [5.41, 5.74) is 0. The summed E-state index contributed by atoms with van der Waals surface area (Å²) in [7, 11) is -1.23. The normalized spacial score (nSPS) is 11.7. The number of hydrogen-bond donors (Lipinski definition) is 1. The van der Waals surface area contributed by atoms with E-state index < -0.39 is 8.07 Å². The van der Waals surface area contributed by atoms with Crippen molar-refractivity contribution in [1.82, 2.24) is 10.2 Å². The van der Waals surface area contributed by atoms with E-state index in [9.17, 15) is 14.4 Å². The van der Waals surface area contributed by atoms with Crippen LogP contribution in [0.4, 0.5) is 4.79 Å². The maximum absolute atomic E-state index is 12.6. The molecule has 0 spiro atoms. The SMILES string of the molecule is CCCCCCCCCOC(=O)CCCCCCCN(CCCCCCOC(=O)CCC(OCCCCCCCC)OCCCCCCCC)CCCNC(=O)OCC[Si](C)(C)C. The zero-order valence-electron chi connectivity index (χ0n) is 42.5. The average Bonchev–Trinajstić information content (AvgIpc) is 3.25. The predicted molar refractivity (Wildman–Crippen MR) is 266 cm³/mol. The van der Waals surface area contributed by atoms with Crippen LogP contribution in [0.2, 0.25) is 25.7 Å². The van der Waals surface area contributed by atoms with Crippen molar-refractivity contribution in [3.8, 4) is 0 Å². The Bertz CT molecular complexity index is 995. The van der Waals surface area contributed by atoms with Crippen LogP contribution in [-0.4, -0.2) is 96.5 Å². The van der Waals surface area contributed by atoms with Crippen LogP contribution in [0.5, 0.6) is 0 Å². The first kappa shape index (κ1) is 61.3. The summed E-state index contributed by atoms with van der Waals surface area (Å²) < 4.78 is 28.7. The molecule has 0 heterocycles. The Kier molecular flexibility index (Phi) is 45.6. The van der Waals surface area contributed by atoms with Crippen molar-refractivity contribution in [3.63, 3.8) is 0 Å². The van der Waals surface area contributed by atoms with E-state index in [2.05, 4.69) is 50.6 Å². The van der Waals surface area contributed by atoms with Gasteiger partial charge < -0.3 is 33.9 Å². The van der Waals surface area contributed by atoms with Crippen LogP contribution in [0.25, 0.3) is 0 Å². The molecule has 374 valence electrons. The lowest BCUT2D eigenvalue weighted by Crippen LogP contribution is -2.32. The van der Waals surface area contributed by atoms with Crippen molar-refractivity contribution in [2.45, 2.75) is 258 Å². The van der Waals surface area contributed by atoms with Gasteiger partial charge in [0.1, 0.15) is 0 Å². The number of unbranched alkanes of at least 4 members (excludes halogenated alkanes) is 23. The smallest absolute Gasteiger partial charge is 0.407 e. The Labute approximate surface area is 390 Å². The monoisotopic (exact) mass is 913 g/mol. The van der Waals surface area contributed by atoms with Gasteiger partial charge in [0.2, 0.25) is 0 Å². The topological polar surface area (TPSA) is 113 Å². The minimum Gasteiger partial charge on any atom is -0.466 e. The molecule has 11 heteroatoms. The van der Waals surface area contributed by atoms with Gasteiger partial charge in [-0.15, -0.1) is 0 Å². The van der Waals surface area contributed by atoms with Gasteiger partial charge >= 0.3 is 18.0 Å². The van der Waals surface area contributed by atoms with E-state index in [-0.39, 0.29) is 24.3 Å². The molecule has 0 atom stereocenters. The average molecular weight is 913 g/mol. The van der Waals surface area contributed by atoms with Crippen LogP contribution in [0.3, 0.4) is 0 Å². The lowest BCUT2D eigenvalue weighted by Gasteiger charge is -2.22. The highest BCUT2D eigenvalue weighted by Crippen LogP contribution is 2.14. The molecule has 0 fully saturated rings. The Balaban J connectivity index is 4.50. The molecule has 0 rings (SSSR count). The fraction of sp³-hybridized carbons (Fsp3) is 0.942. The van der Waals surface area contributed by atoms with E-state index >= 15 is 0 Å². The summed E-state index contributed by atoms with van der Waals surface area (Å²) in [6, 6.07) is 0.976. The fourth-order valence-corrected chi connectivity index (χ4v) is 8.19. The van der Waals surface area contributed by atoms with Gasteiger partial charge in [0.25, 0.3) is 0 Å². The molecular weight excluding hydrogens is 809 g/mol. The second-order valence-corrected chi connectivity index (χ2v) is 24.9. The number of rotatable bonds is 49. The molecule has 0 unspecified atom stereocenters. The predicted octanol–water partition coefficient (Wildman–Crippen LogP) is 14.3. The summed E-state index contributed by atoms with van der Waals surface area (Å²) in [6.45, 7) is 20.1. The Morgan fingerprint density at radius 3 is 1.32 bits per heavy atom. The van der Waals surface area contributed by atoms with Gasteiger partial charge in [0, 0.05) is 40.7 Å². The van der Waals surface area contributed by atoms with Crippen molar-refractivity contribution in [2.24, 2.45) is 0 Å². The second kappa shape index (κ2) is 46.8. The van der Waals surface area contributed by atoms with E-state index in [1.807, 2.05) is 0 Å². The maximum Gasteiger partial charge on any atom is 0.407 e. The molecule has 1 amide bonds. The summed E-state index contributed by atoms with van der Waals surface area (Å²) in [4.78, 5) is 39.5. The highest BCUT2D eigenvalue weighted by molar-refractivity contribution is 6.76. The molecule has 0 aromatic heterocycles. The van der Waals surface area contributed by atoms with Crippen molar-refractivity contribution < 1.29 is 38.1 Å². The lowest BCUT2D eigenvalue weighted by atomic mass is 10.1. The Hall–Kier alpha value is -1.69. The number of carbonyl (C=O) groups excluding carboxylic acids is 3. The molecule has 10 nitrogen and oxygen atoms in total. The molecule has 1 N–H and O–H groups in total. The molecule has 0 saturated heterocycles. The highest BCUT2D eigenvalue weighted by Gasteiger charge is 2.15. The fourth-order valence-electron chi connectivity index (χ4n) is 7.48. The number of hydrogen-bond acceptors (Lipinski definition) is 9. The largest absolute Gasteiger partial charge is 0.466 e. The molecule has 0 aromatic carbocycles. The molecule has 0 aromatic rings. The molecule has 0 saturated carbocycles. The van der Waals surface area contributed by atoms with Crippen molar-refractivity contribution in [1.29, 1.82) is 0 Å². The van der Waals surface area contributed by atoms with Crippen LogP contribution in [-0.2, 0) is 33.3 Å². The Morgan fingerprint density at radius 1 is 0.444 bits per heavy atom. The zero-order chi connectivity index (χ0) is 46.3. The van der Waals surface area contributed by atoms with E-state index in [0.29, 0.717) is 58.8 Å². The van der Waals surface area contributed by atoms with Gasteiger partial charge in [-0.2, -0.15) is 0 Å². The number of alkyl carbamates (subject to hydrolysis) is 1. The Morgan fingerprint density at radius 2 is 0.841 bits per heavy atom. The highest BCUT2D eigenvalue weighted by atomic mass is 28.3. The number of nitrogens with zero attached hydrogens (tertiary/aromatic N) is 1. The molecule has 0 aliphatic heterocycles. The summed E-state index contributed by atoms with van der Waals surface area (Å²) in [6.07, 6.45) is 34.3. The van der Waals surface area contributed by atoms with Gasteiger partial charge in [-0.3, -0.25) is 9.59 Å². The van der Waals surface area contributed by atoms with Crippen LogP contribution < -0.4 is 5.32 Å². The molecule has 0 aliphatic carbocycles. The van der Waals surface area contributed by atoms with E-state index in [0.717, 1.165) is 116 Å². The van der Waals surface area contributed by atoms with Gasteiger partial charge in [0.05, 0.1) is 26.2 Å². The molecule has 63 heavy (non-hydrogen) atoms. The number of carbonyl (C=O) groups is 3. The van der Waals surface area contributed by atoms with Crippen LogP contribution in [0.15, 0.2) is 0 Å². The maximum atomic E-state index is 12.6. The van der Waals surface area contributed by atoms with E-state index in [1.165, 1.54) is 96.3 Å². The first-order chi connectivity index (χ1) is 30.6. The van der Waals surface area contributed by atoms with E-state index in [1.54, 1.807) is 0 Å². The second-order valence-electron chi connectivity index (χ2n) is 19.3. The van der Waals surface area contributed by atoms with Crippen molar-refractivity contribution in [2.75, 3.05) is 59.2 Å². The van der Waals surface area contributed by atoms with Gasteiger partial charge in [-0.25, -0.2) is 4.79 Å². The minimum atomic E-state index is -1.23. The zero-order valence-corrected chi connectivity index (χ0v) is 43.5. The van der Waals surface area contributed by atoms with Crippen LogP contribution >= 0.6 is 0 Å². The van der Waals surface area contributed by atoms with Crippen LogP contribution in [0, 0.1) is 0 Å². The molecular formula is C52H104N2O8Si. The third kappa shape index (κ3) is 48.1. The minimum absolute atomic E-state index is 0.0455. The quantitative estimate of drug-likeness (QED) is 0.0210. The van der Waals surface area contributed by atoms with Crippen molar-refractivity contribution >= 4 is 26.1 Å². The molecule has 0 bridgehead atoms. The summed E-state index contributed by atoms with van der Waals surface area (Å²) in [5.74, 6) is -0.208. The standard InChI is InChI=1S/C52H104N2O8Si/c1-7-10-13-16-19-26-31-43-58-49(55)36-28-21-20-22-29-40-54(42-35-39-53-52(57)62-47-48-63(4,5)6)41-30-23-27-32-44-59-50(56)37-38-51(60-45-33-24-17-14-11-8-2)61-46-34-25-18-15-12-9-3/h51H,7-48H2,1-6H3,(H,53,57).